The van der Waals surface area contributed by atoms with E-state index >= 15 is 0 Å². The Morgan fingerprint density at radius 1 is 1.60 bits per heavy atom. The highest BCUT2D eigenvalue weighted by Crippen LogP contribution is 2.30. The summed E-state index contributed by atoms with van der Waals surface area (Å²) >= 11 is 5.85. The number of hydrogen-bond acceptors (Lipinski definition) is 0. The lowest BCUT2D eigenvalue weighted by atomic mass is 9.85. The van der Waals surface area contributed by atoms with Crippen LogP contribution in [0.15, 0.2) is 11.1 Å². The lowest BCUT2D eigenvalue weighted by Gasteiger charge is -2.22. The predicted molar refractivity (Wildman–Crippen MR) is 46.1 cm³/mol. The van der Waals surface area contributed by atoms with Crippen molar-refractivity contribution < 1.29 is 0 Å². The van der Waals surface area contributed by atoms with Crippen LogP contribution in [0.4, 0.5) is 0 Å². The maximum absolute atomic E-state index is 5.85. The molecule has 1 aliphatic carbocycles. The first-order chi connectivity index (χ1) is 4.70. The van der Waals surface area contributed by atoms with Gasteiger partial charge in [-0.05, 0) is 31.1 Å². The molecule has 1 unspecified atom stereocenters. The molecule has 0 spiro atoms. The van der Waals surface area contributed by atoms with Gasteiger partial charge in [0.1, 0.15) is 0 Å². The maximum atomic E-state index is 5.85. The third-order valence-corrected chi connectivity index (χ3v) is 2.68. The summed E-state index contributed by atoms with van der Waals surface area (Å²) < 4.78 is 0. The summed E-state index contributed by atoms with van der Waals surface area (Å²) in [6.07, 6.45) is 5.75. The molecule has 0 fully saturated rings. The highest BCUT2D eigenvalue weighted by Gasteiger charge is 2.15. The Bertz CT molecular complexity index is 136. The molecule has 0 aromatic heterocycles. The topological polar surface area (TPSA) is 0 Å². The van der Waals surface area contributed by atoms with Crippen molar-refractivity contribution in [2.24, 2.45) is 11.8 Å². The molecule has 0 heterocycles. The Hall–Kier alpha value is 0.0300. The standard InChI is InChI=1S/C9H15Cl/c1-7(2)8-3-5-9(10)6-4-8/h5,7-8H,3-4,6H2,1-2H3. The van der Waals surface area contributed by atoms with E-state index in [1.165, 1.54) is 12.8 Å². The molecule has 0 nitrogen and oxygen atoms in total. The van der Waals surface area contributed by atoms with Gasteiger partial charge < -0.3 is 0 Å². The fourth-order valence-corrected chi connectivity index (χ4v) is 1.63. The average Bonchev–Trinajstić information content (AvgIpc) is 1.88. The first kappa shape index (κ1) is 8.13. The number of halogens is 1. The van der Waals surface area contributed by atoms with Gasteiger partial charge in [0.05, 0.1) is 0 Å². The zero-order valence-corrected chi connectivity index (χ0v) is 7.49. The fourth-order valence-electron chi connectivity index (χ4n) is 1.43. The third kappa shape index (κ3) is 2.02. The Balaban J connectivity index is 2.42. The summed E-state index contributed by atoms with van der Waals surface area (Å²) in [6.45, 7) is 4.58. The second kappa shape index (κ2) is 3.43. The Morgan fingerprint density at radius 3 is 2.70 bits per heavy atom. The average molecular weight is 159 g/mol. The van der Waals surface area contributed by atoms with Crippen molar-refractivity contribution in [2.75, 3.05) is 0 Å². The van der Waals surface area contributed by atoms with Crippen molar-refractivity contribution in [3.63, 3.8) is 0 Å². The molecule has 10 heavy (non-hydrogen) atoms. The second-order valence-corrected chi connectivity index (χ2v) is 3.91. The molecule has 0 bridgehead atoms. The molecule has 1 atom stereocenters. The van der Waals surface area contributed by atoms with Crippen molar-refractivity contribution in [1.82, 2.24) is 0 Å². The van der Waals surface area contributed by atoms with Crippen LogP contribution in [-0.4, -0.2) is 0 Å². The van der Waals surface area contributed by atoms with E-state index in [1.807, 2.05) is 0 Å². The summed E-state index contributed by atoms with van der Waals surface area (Å²) in [4.78, 5) is 0. The summed E-state index contributed by atoms with van der Waals surface area (Å²) in [5.74, 6) is 1.70. The first-order valence-electron chi connectivity index (χ1n) is 4.04. The molecule has 0 aromatic carbocycles. The molecule has 1 rings (SSSR count). The van der Waals surface area contributed by atoms with Gasteiger partial charge in [0.25, 0.3) is 0 Å². The fraction of sp³-hybridized carbons (Fsp3) is 0.778. The van der Waals surface area contributed by atoms with Gasteiger partial charge in [-0.1, -0.05) is 31.5 Å². The number of allylic oxidation sites excluding steroid dienone is 2. The van der Waals surface area contributed by atoms with Crippen molar-refractivity contribution >= 4 is 11.6 Å². The van der Waals surface area contributed by atoms with Crippen LogP contribution < -0.4 is 0 Å². The number of rotatable bonds is 1. The van der Waals surface area contributed by atoms with Crippen molar-refractivity contribution in [2.45, 2.75) is 33.1 Å². The van der Waals surface area contributed by atoms with Crippen LogP contribution in [0.1, 0.15) is 33.1 Å². The summed E-state index contributed by atoms with van der Waals surface area (Å²) in [7, 11) is 0. The summed E-state index contributed by atoms with van der Waals surface area (Å²) in [5.41, 5.74) is 0. The van der Waals surface area contributed by atoms with E-state index in [4.69, 9.17) is 11.6 Å². The van der Waals surface area contributed by atoms with E-state index in [9.17, 15) is 0 Å². The molecular weight excluding hydrogens is 144 g/mol. The van der Waals surface area contributed by atoms with Crippen LogP contribution in [0.3, 0.4) is 0 Å². The zero-order valence-electron chi connectivity index (χ0n) is 6.73. The SMILES string of the molecule is CC(C)C1CC=C(Cl)CC1. The lowest BCUT2D eigenvalue weighted by Crippen LogP contribution is -2.10. The molecule has 0 amide bonds. The molecule has 1 aliphatic rings. The molecule has 0 saturated heterocycles. The van der Waals surface area contributed by atoms with E-state index in [0.717, 1.165) is 23.3 Å². The Morgan fingerprint density at radius 2 is 2.30 bits per heavy atom. The normalized spacial score (nSPS) is 26.8. The smallest absolute Gasteiger partial charge is 0.0141 e. The van der Waals surface area contributed by atoms with Crippen LogP contribution in [0, 0.1) is 11.8 Å². The van der Waals surface area contributed by atoms with E-state index < -0.39 is 0 Å². The number of hydrogen-bond donors (Lipinski definition) is 0. The highest BCUT2D eigenvalue weighted by atomic mass is 35.5. The first-order valence-corrected chi connectivity index (χ1v) is 4.42. The lowest BCUT2D eigenvalue weighted by molar-refractivity contribution is 0.354. The van der Waals surface area contributed by atoms with Gasteiger partial charge in [0.2, 0.25) is 0 Å². The van der Waals surface area contributed by atoms with Crippen LogP contribution >= 0.6 is 11.6 Å². The van der Waals surface area contributed by atoms with Gasteiger partial charge in [-0.15, -0.1) is 0 Å². The minimum atomic E-state index is 0.820. The molecular formula is C9H15Cl. The summed E-state index contributed by atoms with van der Waals surface area (Å²) in [6, 6.07) is 0. The molecule has 0 aromatic rings. The molecule has 0 N–H and O–H groups in total. The molecule has 0 aliphatic heterocycles. The Labute approximate surface area is 68.3 Å². The van der Waals surface area contributed by atoms with E-state index in [1.54, 1.807) is 0 Å². The zero-order chi connectivity index (χ0) is 7.56. The molecule has 1 heteroatoms. The minimum Gasteiger partial charge on any atom is -0.0895 e. The van der Waals surface area contributed by atoms with Crippen LogP contribution in [-0.2, 0) is 0 Å². The third-order valence-electron chi connectivity index (χ3n) is 2.34. The van der Waals surface area contributed by atoms with Gasteiger partial charge in [-0.25, -0.2) is 0 Å². The van der Waals surface area contributed by atoms with E-state index in [2.05, 4.69) is 19.9 Å². The Kier molecular flexibility index (Phi) is 2.79. The predicted octanol–water partition coefficient (Wildman–Crippen LogP) is 3.57. The summed E-state index contributed by atoms with van der Waals surface area (Å²) in [5, 5.41) is 1.07. The largest absolute Gasteiger partial charge is 0.0895 e. The van der Waals surface area contributed by atoms with Gasteiger partial charge in [0.15, 0.2) is 0 Å². The van der Waals surface area contributed by atoms with Crippen molar-refractivity contribution in [1.29, 1.82) is 0 Å². The van der Waals surface area contributed by atoms with Gasteiger partial charge in [0, 0.05) is 5.03 Å². The minimum absolute atomic E-state index is 0.820. The van der Waals surface area contributed by atoms with Crippen molar-refractivity contribution in [3.8, 4) is 0 Å². The second-order valence-electron chi connectivity index (χ2n) is 3.43. The molecule has 58 valence electrons. The quantitative estimate of drug-likeness (QED) is 0.548. The maximum Gasteiger partial charge on any atom is 0.0141 e. The van der Waals surface area contributed by atoms with Crippen LogP contribution in [0.5, 0.6) is 0 Å². The van der Waals surface area contributed by atoms with E-state index in [-0.39, 0.29) is 0 Å². The molecule has 0 radical (unpaired) electrons. The van der Waals surface area contributed by atoms with Crippen molar-refractivity contribution in [3.05, 3.63) is 11.1 Å². The van der Waals surface area contributed by atoms with Gasteiger partial charge in [-0.2, -0.15) is 0 Å². The van der Waals surface area contributed by atoms with E-state index in [0.29, 0.717) is 0 Å². The molecule has 0 saturated carbocycles. The highest BCUT2D eigenvalue weighted by molar-refractivity contribution is 6.29. The van der Waals surface area contributed by atoms with Gasteiger partial charge in [-0.3, -0.25) is 0 Å². The van der Waals surface area contributed by atoms with Crippen LogP contribution in [0.25, 0.3) is 0 Å². The monoisotopic (exact) mass is 158 g/mol. The van der Waals surface area contributed by atoms with Gasteiger partial charge >= 0.3 is 0 Å². The van der Waals surface area contributed by atoms with Crippen LogP contribution in [0.2, 0.25) is 0 Å².